The van der Waals surface area contributed by atoms with Crippen LogP contribution in [0.25, 0.3) is 0 Å². The standard InChI is InChI=1S/C61H110O6/c1-4-7-10-13-16-19-22-25-28-30-31-32-34-36-39-42-45-48-51-54-60(63)66-57-58(56-65-59(62)53-50-47-44-41-38-35-27-24-21-18-15-12-9-6-3)67-61(64)55-52-49-46-43-40-37-33-29-26-23-20-17-14-11-8-5-2/h16,19,25,28-29,31-33,58H,4-15,17-18,20-24,26-27,30,34-57H2,1-3H3/b19-16-,28-25-,32-31-,33-29-/t58-/m1/s1. The van der Waals surface area contributed by atoms with Crippen molar-refractivity contribution in [3.8, 4) is 0 Å². The SMILES string of the molecule is CCCCC/C=C\C/C=C\C/C=C\CCCCCCCCC(=O)OC[C@@H](COC(=O)CCCCCCCCCCCCCCCC)OC(=O)CCCCCCC/C=C\CCCCCCCCC. The van der Waals surface area contributed by atoms with E-state index in [4.69, 9.17) is 14.2 Å². The third-order valence-electron chi connectivity index (χ3n) is 12.8. The second kappa shape index (κ2) is 56.0. The Morgan fingerprint density at radius 2 is 0.537 bits per heavy atom. The summed E-state index contributed by atoms with van der Waals surface area (Å²) in [6.45, 7) is 6.63. The average molecular weight is 940 g/mol. The molecule has 6 nitrogen and oxygen atoms in total. The van der Waals surface area contributed by atoms with Gasteiger partial charge in [-0.2, -0.15) is 0 Å². The zero-order chi connectivity index (χ0) is 48.6. The minimum atomic E-state index is -0.781. The molecule has 0 amide bonds. The highest BCUT2D eigenvalue weighted by Crippen LogP contribution is 2.16. The Balaban J connectivity index is 4.38. The van der Waals surface area contributed by atoms with E-state index in [-0.39, 0.29) is 31.1 Å². The second-order valence-corrected chi connectivity index (χ2v) is 19.6. The van der Waals surface area contributed by atoms with E-state index >= 15 is 0 Å². The Bertz CT molecular complexity index is 1170. The van der Waals surface area contributed by atoms with Gasteiger partial charge < -0.3 is 14.2 Å². The molecule has 0 saturated carbocycles. The number of allylic oxidation sites excluding steroid dienone is 8. The van der Waals surface area contributed by atoms with Gasteiger partial charge in [0, 0.05) is 19.3 Å². The van der Waals surface area contributed by atoms with E-state index in [2.05, 4.69) is 69.4 Å². The van der Waals surface area contributed by atoms with Crippen molar-refractivity contribution in [1.29, 1.82) is 0 Å². The molecular weight excluding hydrogens is 829 g/mol. The molecule has 1 atom stereocenters. The Hall–Kier alpha value is -2.63. The molecule has 0 fully saturated rings. The molecule has 0 unspecified atom stereocenters. The molecule has 0 aliphatic rings. The Kier molecular flexibility index (Phi) is 53.8. The summed E-state index contributed by atoms with van der Waals surface area (Å²) in [6, 6.07) is 0. The zero-order valence-corrected chi connectivity index (χ0v) is 44.7. The fourth-order valence-electron chi connectivity index (χ4n) is 8.39. The molecular formula is C61H110O6. The van der Waals surface area contributed by atoms with Crippen molar-refractivity contribution in [3.05, 3.63) is 48.6 Å². The molecule has 0 aliphatic heterocycles. The highest BCUT2D eigenvalue weighted by molar-refractivity contribution is 5.71. The highest BCUT2D eigenvalue weighted by Gasteiger charge is 2.19. The lowest BCUT2D eigenvalue weighted by molar-refractivity contribution is -0.167. The number of hydrogen-bond acceptors (Lipinski definition) is 6. The van der Waals surface area contributed by atoms with Crippen LogP contribution in [0, 0.1) is 0 Å². The van der Waals surface area contributed by atoms with Crippen LogP contribution in [-0.2, 0) is 28.6 Å². The Morgan fingerprint density at radius 3 is 0.881 bits per heavy atom. The van der Waals surface area contributed by atoms with Gasteiger partial charge in [-0.25, -0.2) is 0 Å². The van der Waals surface area contributed by atoms with Gasteiger partial charge in [-0.05, 0) is 83.5 Å². The maximum absolute atomic E-state index is 12.8. The molecule has 67 heavy (non-hydrogen) atoms. The van der Waals surface area contributed by atoms with E-state index in [1.807, 2.05) is 0 Å². The summed E-state index contributed by atoms with van der Waals surface area (Å²) >= 11 is 0. The van der Waals surface area contributed by atoms with Crippen molar-refractivity contribution in [3.63, 3.8) is 0 Å². The van der Waals surface area contributed by atoms with Crippen molar-refractivity contribution in [2.75, 3.05) is 13.2 Å². The van der Waals surface area contributed by atoms with Gasteiger partial charge in [-0.15, -0.1) is 0 Å². The summed E-state index contributed by atoms with van der Waals surface area (Å²) in [6.07, 6.45) is 68.1. The quantitative estimate of drug-likeness (QED) is 0.0262. The van der Waals surface area contributed by atoms with E-state index in [1.54, 1.807) is 0 Å². The van der Waals surface area contributed by atoms with Gasteiger partial charge in [0.2, 0.25) is 0 Å². The molecule has 0 rings (SSSR count). The summed E-state index contributed by atoms with van der Waals surface area (Å²) < 4.78 is 16.9. The monoisotopic (exact) mass is 939 g/mol. The maximum atomic E-state index is 12.8. The first-order chi connectivity index (χ1) is 33.0. The number of unbranched alkanes of at least 4 members (excludes halogenated alkanes) is 34. The highest BCUT2D eigenvalue weighted by atomic mass is 16.6. The molecule has 390 valence electrons. The van der Waals surface area contributed by atoms with Crippen molar-refractivity contribution in [1.82, 2.24) is 0 Å². The fourth-order valence-corrected chi connectivity index (χ4v) is 8.39. The van der Waals surface area contributed by atoms with Crippen LogP contribution in [-0.4, -0.2) is 37.2 Å². The molecule has 0 radical (unpaired) electrons. The second-order valence-electron chi connectivity index (χ2n) is 19.6. The van der Waals surface area contributed by atoms with E-state index in [0.29, 0.717) is 19.3 Å². The van der Waals surface area contributed by atoms with Crippen LogP contribution in [0.5, 0.6) is 0 Å². The van der Waals surface area contributed by atoms with Gasteiger partial charge >= 0.3 is 17.9 Å². The molecule has 0 aliphatic carbocycles. The normalized spacial score (nSPS) is 12.3. The summed E-state index contributed by atoms with van der Waals surface area (Å²) in [5.74, 6) is -0.884. The first-order valence-electron chi connectivity index (χ1n) is 29.1. The fraction of sp³-hybridized carbons (Fsp3) is 0.820. The number of carbonyl (C=O) groups is 3. The predicted octanol–water partition coefficient (Wildman–Crippen LogP) is 19.4. The lowest BCUT2D eigenvalue weighted by Crippen LogP contribution is -2.30. The summed E-state index contributed by atoms with van der Waals surface area (Å²) in [4.78, 5) is 38.2. The number of carbonyl (C=O) groups excluding carboxylic acids is 3. The molecule has 0 N–H and O–H groups in total. The van der Waals surface area contributed by atoms with Crippen molar-refractivity contribution in [2.45, 2.75) is 309 Å². The van der Waals surface area contributed by atoms with Gasteiger partial charge in [-0.3, -0.25) is 14.4 Å². The third-order valence-corrected chi connectivity index (χ3v) is 12.8. The molecule has 0 aromatic heterocycles. The van der Waals surface area contributed by atoms with Crippen LogP contribution >= 0.6 is 0 Å². The smallest absolute Gasteiger partial charge is 0.306 e. The van der Waals surface area contributed by atoms with Crippen molar-refractivity contribution in [2.24, 2.45) is 0 Å². The van der Waals surface area contributed by atoms with Gasteiger partial charge in [0.25, 0.3) is 0 Å². The molecule has 0 saturated heterocycles. The number of esters is 3. The van der Waals surface area contributed by atoms with Crippen LogP contribution in [0.3, 0.4) is 0 Å². The molecule has 0 spiro atoms. The van der Waals surface area contributed by atoms with Gasteiger partial charge in [-0.1, -0.05) is 249 Å². The van der Waals surface area contributed by atoms with Crippen LogP contribution < -0.4 is 0 Å². The Morgan fingerprint density at radius 1 is 0.299 bits per heavy atom. The van der Waals surface area contributed by atoms with Crippen molar-refractivity contribution < 1.29 is 28.6 Å². The number of rotatable bonds is 53. The Labute approximate surface area is 416 Å². The van der Waals surface area contributed by atoms with Crippen LogP contribution in [0.1, 0.15) is 303 Å². The summed E-state index contributed by atoms with van der Waals surface area (Å²) in [5, 5.41) is 0. The van der Waals surface area contributed by atoms with Crippen molar-refractivity contribution >= 4 is 17.9 Å². The molecule has 0 aromatic rings. The van der Waals surface area contributed by atoms with Crippen LogP contribution in [0.4, 0.5) is 0 Å². The van der Waals surface area contributed by atoms with Gasteiger partial charge in [0.15, 0.2) is 6.10 Å². The molecule has 6 heteroatoms. The number of hydrogen-bond donors (Lipinski definition) is 0. The summed E-state index contributed by atoms with van der Waals surface area (Å²) in [7, 11) is 0. The van der Waals surface area contributed by atoms with E-state index in [0.717, 1.165) is 83.5 Å². The first kappa shape index (κ1) is 64.4. The lowest BCUT2D eigenvalue weighted by Gasteiger charge is -2.18. The largest absolute Gasteiger partial charge is 0.462 e. The minimum Gasteiger partial charge on any atom is -0.462 e. The average Bonchev–Trinajstić information content (AvgIpc) is 3.33. The molecule has 0 aromatic carbocycles. The topological polar surface area (TPSA) is 78.9 Å². The summed E-state index contributed by atoms with van der Waals surface area (Å²) in [5.41, 5.74) is 0. The number of ether oxygens (including phenoxy) is 3. The molecule has 0 heterocycles. The molecule has 0 bridgehead atoms. The first-order valence-corrected chi connectivity index (χ1v) is 29.1. The maximum Gasteiger partial charge on any atom is 0.306 e. The van der Waals surface area contributed by atoms with Crippen LogP contribution in [0.2, 0.25) is 0 Å². The van der Waals surface area contributed by atoms with E-state index in [1.165, 1.54) is 180 Å². The lowest BCUT2D eigenvalue weighted by atomic mass is 10.0. The van der Waals surface area contributed by atoms with Crippen LogP contribution in [0.15, 0.2) is 48.6 Å². The van der Waals surface area contributed by atoms with E-state index < -0.39 is 6.10 Å². The van der Waals surface area contributed by atoms with Gasteiger partial charge in [0.05, 0.1) is 0 Å². The predicted molar refractivity (Wildman–Crippen MR) is 289 cm³/mol. The minimum absolute atomic E-state index is 0.0777. The zero-order valence-electron chi connectivity index (χ0n) is 44.7. The third kappa shape index (κ3) is 54.2. The van der Waals surface area contributed by atoms with E-state index in [9.17, 15) is 14.4 Å². The van der Waals surface area contributed by atoms with Gasteiger partial charge in [0.1, 0.15) is 13.2 Å².